The van der Waals surface area contributed by atoms with Crippen LogP contribution in [0.15, 0.2) is 70.7 Å². The molecule has 0 saturated heterocycles. The van der Waals surface area contributed by atoms with Crippen molar-refractivity contribution in [3.63, 3.8) is 0 Å². The molecule has 0 saturated carbocycles. The normalized spacial score (nSPS) is 12.3. The van der Waals surface area contributed by atoms with Crippen molar-refractivity contribution in [1.29, 1.82) is 0 Å². The van der Waals surface area contributed by atoms with E-state index in [0.717, 1.165) is 21.6 Å². The van der Waals surface area contributed by atoms with Crippen molar-refractivity contribution in [3.8, 4) is 0 Å². The maximum absolute atomic E-state index is 12.5. The molecular weight excluding hydrogens is 434 g/mol. The Morgan fingerprint density at radius 2 is 1.71 bits per heavy atom. The summed E-state index contributed by atoms with van der Waals surface area (Å²) >= 11 is 0. The predicted octanol–water partition coefficient (Wildman–Crippen LogP) is 3.55. The molecule has 1 aromatic heterocycles. The van der Waals surface area contributed by atoms with Gasteiger partial charge in [0.05, 0.1) is 5.71 Å². The van der Waals surface area contributed by atoms with Crippen LogP contribution < -0.4 is 5.56 Å². The molecule has 3 rings (SSSR count). The minimum atomic E-state index is -1.08. The summed E-state index contributed by atoms with van der Waals surface area (Å²) in [7, 11) is 1.44. The zero-order valence-electron chi connectivity index (χ0n) is 19.3. The van der Waals surface area contributed by atoms with Crippen molar-refractivity contribution in [1.82, 2.24) is 9.88 Å². The van der Waals surface area contributed by atoms with E-state index in [2.05, 4.69) is 10.1 Å². The number of benzene rings is 2. The molecule has 0 radical (unpaired) electrons. The third-order valence-corrected chi connectivity index (χ3v) is 5.78. The lowest BCUT2D eigenvalue weighted by molar-refractivity contribution is -0.137. The first kappa shape index (κ1) is 24.4. The number of pyridine rings is 1. The van der Waals surface area contributed by atoms with Gasteiger partial charge >= 0.3 is 5.97 Å². The number of hydrogen-bond donors (Lipinski definition) is 3. The highest BCUT2D eigenvalue weighted by Crippen LogP contribution is 2.32. The lowest BCUT2D eigenvalue weighted by Crippen LogP contribution is -2.31. The summed E-state index contributed by atoms with van der Waals surface area (Å²) in [5, 5.41) is 22.3. The Morgan fingerprint density at radius 3 is 2.29 bits per heavy atom. The lowest BCUT2D eigenvalue weighted by atomic mass is 9.83. The molecular formula is C26H27N3O5. The number of hydrogen-bond acceptors (Lipinski definition) is 5. The molecule has 1 amide bonds. The third-order valence-electron chi connectivity index (χ3n) is 5.78. The highest BCUT2D eigenvalue weighted by molar-refractivity contribution is 6.01. The number of carboxylic acid groups (broad SMARTS) is 1. The number of aromatic nitrogens is 1. The van der Waals surface area contributed by atoms with E-state index in [0.29, 0.717) is 28.8 Å². The number of carbonyl (C=O) groups is 2. The van der Waals surface area contributed by atoms with Crippen molar-refractivity contribution in [2.75, 3.05) is 13.6 Å². The van der Waals surface area contributed by atoms with Gasteiger partial charge in [-0.25, -0.2) is 0 Å². The molecule has 0 aliphatic carbocycles. The number of likely N-dealkylation sites (N-methyl/N-ethyl adjacent to an activating group) is 1. The number of nitrogens with one attached hydrogen (secondary N) is 1. The molecule has 34 heavy (non-hydrogen) atoms. The van der Waals surface area contributed by atoms with Gasteiger partial charge in [0.1, 0.15) is 6.54 Å². The molecule has 0 aliphatic heterocycles. The van der Waals surface area contributed by atoms with Crippen molar-refractivity contribution < 1.29 is 19.9 Å². The zero-order valence-corrected chi connectivity index (χ0v) is 19.3. The van der Waals surface area contributed by atoms with Gasteiger partial charge in [0.2, 0.25) is 0 Å². The molecule has 8 heteroatoms. The number of aryl methyl sites for hydroxylation is 2. The number of carbonyl (C=O) groups excluding carboxylic acids is 1. The molecule has 1 unspecified atom stereocenters. The fourth-order valence-electron chi connectivity index (χ4n) is 3.91. The molecule has 176 valence electrons. The Morgan fingerprint density at radius 1 is 1.03 bits per heavy atom. The summed E-state index contributed by atoms with van der Waals surface area (Å²) in [6.45, 7) is 3.30. The topological polar surface area (TPSA) is 123 Å². The standard InChI is InChI=1S/C26H27N3O5/c1-16-6-4-5-7-21(16)22(13-23(28-34)20-12-17(2)25(32)27-14-20)18-8-10-19(11-9-18)26(33)29(3)15-24(30)31/h4-12,14,22,34H,13,15H2,1-3H3,(H,27,32)(H,30,31)/b28-23+. The number of amides is 1. The minimum Gasteiger partial charge on any atom is -0.480 e. The largest absolute Gasteiger partial charge is 0.480 e. The summed E-state index contributed by atoms with van der Waals surface area (Å²) in [5.41, 5.74) is 4.70. The van der Waals surface area contributed by atoms with Gasteiger partial charge in [-0.3, -0.25) is 14.4 Å². The molecule has 0 aliphatic rings. The maximum Gasteiger partial charge on any atom is 0.323 e. The fourth-order valence-corrected chi connectivity index (χ4v) is 3.91. The van der Waals surface area contributed by atoms with Gasteiger partial charge in [0.15, 0.2) is 0 Å². The monoisotopic (exact) mass is 461 g/mol. The molecule has 0 fully saturated rings. The van der Waals surface area contributed by atoms with Crippen LogP contribution in [-0.2, 0) is 4.79 Å². The first-order valence-electron chi connectivity index (χ1n) is 10.7. The summed E-state index contributed by atoms with van der Waals surface area (Å²) < 4.78 is 0. The van der Waals surface area contributed by atoms with Crippen LogP contribution in [-0.4, -0.2) is 51.4 Å². The van der Waals surface area contributed by atoms with E-state index in [9.17, 15) is 19.6 Å². The Labute approximate surface area is 197 Å². The summed E-state index contributed by atoms with van der Waals surface area (Å²) in [6.07, 6.45) is 1.87. The lowest BCUT2D eigenvalue weighted by Gasteiger charge is -2.21. The fraction of sp³-hybridized carbons (Fsp3) is 0.231. The number of nitrogens with zero attached hydrogens (tertiary/aromatic N) is 2. The van der Waals surface area contributed by atoms with Crippen LogP contribution >= 0.6 is 0 Å². The molecule has 8 nitrogen and oxygen atoms in total. The van der Waals surface area contributed by atoms with E-state index in [4.69, 9.17) is 5.11 Å². The van der Waals surface area contributed by atoms with Gasteiger partial charge in [-0.1, -0.05) is 41.6 Å². The second-order valence-electron chi connectivity index (χ2n) is 8.24. The first-order valence-corrected chi connectivity index (χ1v) is 10.7. The van der Waals surface area contributed by atoms with Crippen molar-refractivity contribution in [3.05, 3.63) is 105 Å². The average Bonchev–Trinajstić information content (AvgIpc) is 2.82. The van der Waals surface area contributed by atoms with Crippen LogP contribution in [0.5, 0.6) is 0 Å². The van der Waals surface area contributed by atoms with Gasteiger partial charge in [0.25, 0.3) is 11.5 Å². The van der Waals surface area contributed by atoms with Crippen molar-refractivity contribution in [2.24, 2.45) is 5.16 Å². The van der Waals surface area contributed by atoms with Crippen LogP contribution in [0, 0.1) is 13.8 Å². The molecule has 3 N–H and O–H groups in total. The van der Waals surface area contributed by atoms with Crippen LogP contribution in [0.2, 0.25) is 0 Å². The molecule has 3 aromatic rings. The third kappa shape index (κ3) is 5.58. The predicted molar refractivity (Wildman–Crippen MR) is 129 cm³/mol. The van der Waals surface area contributed by atoms with E-state index in [1.807, 2.05) is 43.3 Å². The Hall–Kier alpha value is -4.20. The van der Waals surface area contributed by atoms with Crippen molar-refractivity contribution >= 4 is 17.6 Å². The number of aliphatic carboxylic acids is 1. The molecule has 1 atom stereocenters. The number of oxime groups is 1. The van der Waals surface area contributed by atoms with Crippen molar-refractivity contribution in [2.45, 2.75) is 26.2 Å². The Kier molecular flexibility index (Phi) is 7.63. The quantitative estimate of drug-likeness (QED) is 0.269. The van der Waals surface area contributed by atoms with Gasteiger partial charge in [-0.05, 0) is 48.7 Å². The van der Waals surface area contributed by atoms with Crippen LogP contribution in [0.4, 0.5) is 0 Å². The van der Waals surface area contributed by atoms with Crippen LogP contribution in [0.1, 0.15) is 50.5 Å². The van der Waals surface area contributed by atoms with Gasteiger partial charge < -0.3 is 20.2 Å². The van der Waals surface area contributed by atoms with E-state index in [1.54, 1.807) is 25.1 Å². The number of rotatable bonds is 8. The van der Waals surface area contributed by atoms with Gasteiger partial charge in [-0.15, -0.1) is 0 Å². The maximum atomic E-state index is 12.5. The minimum absolute atomic E-state index is 0.194. The second-order valence-corrected chi connectivity index (χ2v) is 8.24. The van der Waals surface area contributed by atoms with E-state index < -0.39 is 5.97 Å². The van der Waals surface area contributed by atoms with E-state index in [-0.39, 0.29) is 23.9 Å². The first-order chi connectivity index (χ1) is 16.2. The highest BCUT2D eigenvalue weighted by Gasteiger charge is 2.22. The Balaban J connectivity index is 1.98. The zero-order chi connectivity index (χ0) is 24.8. The highest BCUT2D eigenvalue weighted by atomic mass is 16.4. The Bertz CT molecular complexity index is 1280. The SMILES string of the molecule is Cc1ccccc1C(C/C(=N\O)c1c[nH]c(=O)c(C)c1)c1ccc(C(=O)N(C)CC(=O)O)cc1. The number of aromatic amines is 1. The average molecular weight is 462 g/mol. The van der Waals surface area contributed by atoms with Crippen LogP contribution in [0.3, 0.4) is 0 Å². The second kappa shape index (κ2) is 10.6. The summed E-state index contributed by atoms with van der Waals surface area (Å²) in [6, 6.07) is 16.6. The number of H-pyrrole nitrogens is 1. The smallest absolute Gasteiger partial charge is 0.323 e. The van der Waals surface area contributed by atoms with Gasteiger partial charge in [-0.2, -0.15) is 0 Å². The summed E-state index contributed by atoms with van der Waals surface area (Å²) in [4.78, 5) is 39.0. The van der Waals surface area contributed by atoms with Gasteiger partial charge in [0, 0.05) is 42.3 Å². The van der Waals surface area contributed by atoms with E-state index >= 15 is 0 Å². The summed E-state index contributed by atoms with van der Waals surface area (Å²) in [5.74, 6) is -1.66. The van der Waals surface area contributed by atoms with Crippen LogP contribution in [0.25, 0.3) is 0 Å². The molecule has 1 heterocycles. The molecule has 0 spiro atoms. The van der Waals surface area contributed by atoms with E-state index in [1.165, 1.54) is 13.2 Å². The molecule has 2 aromatic carbocycles. The number of carboxylic acids is 1. The molecule has 0 bridgehead atoms.